The quantitative estimate of drug-likeness (QED) is 0.734. The fourth-order valence-corrected chi connectivity index (χ4v) is 2.87. The summed E-state index contributed by atoms with van der Waals surface area (Å²) in [5.74, 6) is 0.859. The van der Waals surface area contributed by atoms with Crippen LogP contribution in [0.15, 0.2) is 21.2 Å². The van der Waals surface area contributed by atoms with Gasteiger partial charge >= 0.3 is 0 Å². The van der Waals surface area contributed by atoms with Gasteiger partial charge in [-0.3, -0.25) is 0 Å². The van der Waals surface area contributed by atoms with Crippen molar-refractivity contribution in [1.29, 1.82) is 0 Å². The highest BCUT2D eigenvalue weighted by Gasteiger charge is 2.12. The van der Waals surface area contributed by atoms with Gasteiger partial charge in [0.05, 0.1) is 12.8 Å². The molecule has 1 rings (SSSR count). The number of hydrogen-bond donors (Lipinski definition) is 1. The summed E-state index contributed by atoms with van der Waals surface area (Å²) in [6.45, 7) is 4.31. The maximum Gasteiger partial charge on any atom is 0.211 e. The van der Waals surface area contributed by atoms with Gasteiger partial charge in [0.1, 0.15) is 5.76 Å². The van der Waals surface area contributed by atoms with E-state index in [1.54, 1.807) is 0 Å². The van der Waals surface area contributed by atoms with Gasteiger partial charge in [-0.15, -0.1) is 0 Å². The average molecular weight is 339 g/mol. The lowest BCUT2D eigenvalue weighted by molar-refractivity contribution is 0.412. The van der Waals surface area contributed by atoms with Crippen molar-refractivity contribution in [2.75, 3.05) is 25.9 Å². The third-order valence-electron chi connectivity index (χ3n) is 2.51. The second-order valence-electron chi connectivity index (χ2n) is 3.99. The summed E-state index contributed by atoms with van der Waals surface area (Å²) in [5.41, 5.74) is 0. The molecule has 1 heterocycles. The lowest BCUT2D eigenvalue weighted by Crippen LogP contribution is -2.32. The minimum atomic E-state index is -3.07. The van der Waals surface area contributed by atoms with E-state index in [4.69, 9.17) is 4.42 Å². The van der Waals surface area contributed by atoms with Gasteiger partial charge in [-0.05, 0) is 41.0 Å². The molecule has 104 valence electrons. The molecule has 7 heteroatoms. The smallest absolute Gasteiger partial charge is 0.211 e. The minimum absolute atomic E-state index is 0.518. The minimum Gasteiger partial charge on any atom is -0.453 e. The molecular weight excluding hydrogens is 320 g/mol. The van der Waals surface area contributed by atoms with Crippen molar-refractivity contribution < 1.29 is 12.8 Å². The molecule has 0 aliphatic rings. The Morgan fingerprint density at radius 2 is 2.17 bits per heavy atom. The van der Waals surface area contributed by atoms with Crippen LogP contribution in [0, 0.1) is 0 Å². The second-order valence-corrected chi connectivity index (χ2v) is 6.75. The van der Waals surface area contributed by atoms with Gasteiger partial charge < -0.3 is 9.73 Å². The molecule has 1 N–H and O–H groups in total. The molecule has 0 unspecified atom stereocenters. The summed E-state index contributed by atoms with van der Waals surface area (Å²) < 4.78 is 30.2. The Balaban J connectivity index is 2.19. The summed E-state index contributed by atoms with van der Waals surface area (Å²) in [5, 5.41) is 3.21. The van der Waals surface area contributed by atoms with Gasteiger partial charge in [-0.2, -0.15) is 0 Å². The van der Waals surface area contributed by atoms with E-state index in [9.17, 15) is 8.42 Å². The van der Waals surface area contributed by atoms with Crippen LogP contribution in [0.25, 0.3) is 0 Å². The fourth-order valence-electron chi connectivity index (χ4n) is 1.60. The van der Waals surface area contributed by atoms with Crippen molar-refractivity contribution in [1.82, 2.24) is 9.62 Å². The molecule has 0 fully saturated rings. The van der Waals surface area contributed by atoms with Crippen LogP contribution in [0.2, 0.25) is 0 Å². The van der Waals surface area contributed by atoms with Crippen molar-refractivity contribution in [2.45, 2.75) is 19.9 Å². The van der Waals surface area contributed by atoms with E-state index >= 15 is 0 Å². The Morgan fingerprint density at radius 1 is 1.44 bits per heavy atom. The summed E-state index contributed by atoms with van der Waals surface area (Å²) in [7, 11) is -3.07. The Bertz CT molecular complexity index is 459. The normalized spacial score (nSPS) is 12.2. The van der Waals surface area contributed by atoms with E-state index < -0.39 is 10.0 Å². The standard InChI is InChI=1S/C11H19BrN2O3S/c1-3-14(18(2,15)16)8-4-7-13-9-10-5-6-11(12)17-10/h5-6,13H,3-4,7-9H2,1-2H3. The van der Waals surface area contributed by atoms with E-state index in [-0.39, 0.29) is 0 Å². The molecule has 0 bridgehead atoms. The number of furan rings is 1. The van der Waals surface area contributed by atoms with Gasteiger partial charge in [0, 0.05) is 13.1 Å². The van der Waals surface area contributed by atoms with Crippen LogP contribution in [0.4, 0.5) is 0 Å². The maximum absolute atomic E-state index is 11.3. The largest absolute Gasteiger partial charge is 0.453 e. The molecule has 0 saturated heterocycles. The molecule has 0 saturated carbocycles. The van der Waals surface area contributed by atoms with Crippen LogP contribution in [0.1, 0.15) is 19.1 Å². The van der Waals surface area contributed by atoms with Crippen LogP contribution in [0.3, 0.4) is 0 Å². The zero-order valence-electron chi connectivity index (χ0n) is 10.6. The molecule has 18 heavy (non-hydrogen) atoms. The second kappa shape index (κ2) is 7.28. The van der Waals surface area contributed by atoms with Gasteiger partial charge in [0.25, 0.3) is 0 Å². The molecular formula is C11H19BrN2O3S. The van der Waals surface area contributed by atoms with Crippen LogP contribution >= 0.6 is 15.9 Å². The number of rotatable bonds is 8. The first-order valence-corrected chi connectivity index (χ1v) is 8.47. The third-order valence-corrected chi connectivity index (χ3v) is 4.32. The van der Waals surface area contributed by atoms with Crippen molar-refractivity contribution in [3.63, 3.8) is 0 Å². The number of nitrogens with one attached hydrogen (secondary N) is 1. The van der Waals surface area contributed by atoms with Crippen molar-refractivity contribution in [3.05, 3.63) is 22.6 Å². The molecule has 1 aromatic heterocycles. The molecule has 0 spiro atoms. The summed E-state index contributed by atoms with van der Waals surface area (Å²) >= 11 is 3.24. The zero-order valence-corrected chi connectivity index (χ0v) is 13.1. The Labute approximate surface area is 117 Å². The van der Waals surface area contributed by atoms with E-state index in [0.717, 1.165) is 18.7 Å². The van der Waals surface area contributed by atoms with Gasteiger partial charge in [0.2, 0.25) is 10.0 Å². The SMILES string of the molecule is CCN(CCCNCc1ccc(Br)o1)S(C)(=O)=O. The van der Waals surface area contributed by atoms with Crippen LogP contribution < -0.4 is 5.32 Å². The maximum atomic E-state index is 11.3. The predicted molar refractivity (Wildman–Crippen MR) is 74.8 cm³/mol. The van der Waals surface area contributed by atoms with Gasteiger partial charge in [0.15, 0.2) is 4.67 Å². The summed E-state index contributed by atoms with van der Waals surface area (Å²) in [4.78, 5) is 0. The first-order chi connectivity index (χ1) is 8.43. The summed E-state index contributed by atoms with van der Waals surface area (Å²) in [6.07, 6.45) is 2.02. The fraction of sp³-hybridized carbons (Fsp3) is 0.636. The molecule has 0 aliphatic heterocycles. The highest BCUT2D eigenvalue weighted by atomic mass is 79.9. The number of halogens is 1. The van der Waals surface area contributed by atoms with Crippen LogP contribution in [-0.2, 0) is 16.6 Å². The molecule has 0 amide bonds. The Hall–Kier alpha value is -0.370. The Morgan fingerprint density at radius 3 is 2.67 bits per heavy atom. The molecule has 5 nitrogen and oxygen atoms in total. The van der Waals surface area contributed by atoms with Crippen LogP contribution in [-0.4, -0.2) is 38.6 Å². The molecule has 1 aromatic rings. The van der Waals surface area contributed by atoms with Crippen molar-refractivity contribution in [3.8, 4) is 0 Å². The van der Waals surface area contributed by atoms with E-state index in [2.05, 4.69) is 21.2 Å². The van der Waals surface area contributed by atoms with Crippen molar-refractivity contribution >= 4 is 26.0 Å². The third kappa shape index (κ3) is 5.51. The highest BCUT2D eigenvalue weighted by Crippen LogP contribution is 2.13. The average Bonchev–Trinajstić information content (AvgIpc) is 2.67. The lowest BCUT2D eigenvalue weighted by Gasteiger charge is -2.17. The van der Waals surface area contributed by atoms with Gasteiger partial charge in [-0.1, -0.05) is 6.92 Å². The predicted octanol–water partition coefficient (Wildman–Crippen LogP) is 1.80. The summed E-state index contributed by atoms with van der Waals surface area (Å²) in [6, 6.07) is 3.74. The first kappa shape index (κ1) is 15.7. The monoisotopic (exact) mass is 338 g/mol. The topological polar surface area (TPSA) is 62.6 Å². The van der Waals surface area contributed by atoms with Crippen molar-refractivity contribution in [2.24, 2.45) is 0 Å². The van der Waals surface area contributed by atoms with Crippen LogP contribution in [0.5, 0.6) is 0 Å². The number of sulfonamides is 1. The number of hydrogen-bond acceptors (Lipinski definition) is 4. The van der Waals surface area contributed by atoms with Gasteiger partial charge in [-0.25, -0.2) is 12.7 Å². The molecule has 0 radical (unpaired) electrons. The van der Waals surface area contributed by atoms with E-state index in [1.165, 1.54) is 10.6 Å². The lowest BCUT2D eigenvalue weighted by atomic mass is 10.4. The molecule has 0 atom stereocenters. The highest BCUT2D eigenvalue weighted by molar-refractivity contribution is 9.10. The molecule has 0 aliphatic carbocycles. The zero-order chi connectivity index (χ0) is 13.6. The molecule has 0 aromatic carbocycles. The first-order valence-electron chi connectivity index (χ1n) is 5.83. The number of nitrogens with zero attached hydrogens (tertiary/aromatic N) is 1. The Kier molecular flexibility index (Phi) is 6.34. The van der Waals surface area contributed by atoms with E-state index in [1.807, 2.05) is 19.1 Å². The van der Waals surface area contributed by atoms with E-state index in [0.29, 0.717) is 24.3 Å².